The van der Waals surface area contributed by atoms with Crippen LogP contribution in [0.3, 0.4) is 0 Å². The van der Waals surface area contributed by atoms with Gasteiger partial charge in [0.15, 0.2) is 0 Å². The summed E-state index contributed by atoms with van der Waals surface area (Å²) in [6.07, 6.45) is 25.8. The van der Waals surface area contributed by atoms with Gasteiger partial charge < -0.3 is 14.2 Å². The fourth-order valence-corrected chi connectivity index (χ4v) is 7.39. The number of ether oxygens (including phenoxy) is 3. The number of rotatable bonds is 22. The summed E-state index contributed by atoms with van der Waals surface area (Å²) in [5.41, 5.74) is 5.32. The lowest BCUT2D eigenvalue weighted by molar-refractivity contribution is 0.349. The van der Waals surface area contributed by atoms with Crippen LogP contribution >= 0.6 is 0 Å². The Morgan fingerprint density at radius 3 is 1.33 bits per heavy atom. The molecule has 0 fully saturated rings. The third-order valence-electron chi connectivity index (χ3n) is 10.1. The van der Waals surface area contributed by atoms with E-state index in [9.17, 15) is 0 Å². The van der Waals surface area contributed by atoms with Crippen molar-refractivity contribution >= 4 is 0 Å². The third-order valence-corrected chi connectivity index (χ3v) is 10.1. The van der Waals surface area contributed by atoms with Crippen molar-refractivity contribution in [1.82, 2.24) is 0 Å². The third kappa shape index (κ3) is 9.41. The normalized spacial score (nSPS) is 15.1. The molecule has 2 aliphatic heterocycles. The molecular weight excluding hydrogens is 528 g/mol. The maximum absolute atomic E-state index is 6.73. The molecule has 0 saturated heterocycles. The van der Waals surface area contributed by atoms with Gasteiger partial charge >= 0.3 is 0 Å². The largest absolute Gasteiger partial charge is 0.493 e. The summed E-state index contributed by atoms with van der Waals surface area (Å²) in [6.45, 7) is 10.8. The molecule has 4 rings (SSSR count). The van der Waals surface area contributed by atoms with Gasteiger partial charge in [0.25, 0.3) is 0 Å². The minimum Gasteiger partial charge on any atom is -0.493 e. The molecule has 0 bridgehead atoms. The van der Waals surface area contributed by atoms with E-state index in [2.05, 4.69) is 52.0 Å². The zero-order valence-corrected chi connectivity index (χ0v) is 28.2. The molecule has 0 aromatic heterocycles. The summed E-state index contributed by atoms with van der Waals surface area (Å²) in [7, 11) is 0. The van der Waals surface area contributed by atoms with Crippen LogP contribution in [0.2, 0.25) is 0 Å². The summed E-state index contributed by atoms with van der Waals surface area (Å²) in [5.74, 6) is 5.29. The fourth-order valence-electron chi connectivity index (χ4n) is 7.39. The van der Waals surface area contributed by atoms with Gasteiger partial charge in [-0.15, -0.1) is 0 Å². The van der Waals surface area contributed by atoms with Crippen molar-refractivity contribution in [1.29, 1.82) is 0 Å². The van der Waals surface area contributed by atoms with Gasteiger partial charge in [-0.2, -0.15) is 0 Å². The summed E-state index contributed by atoms with van der Waals surface area (Å²) < 4.78 is 19.3. The molecule has 0 radical (unpaired) electrons. The predicted octanol–water partition coefficient (Wildman–Crippen LogP) is 12.6. The molecule has 0 amide bonds. The molecule has 2 atom stereocenters. The van der Waals surface area contributed by atoms with E-state index in [0.717, 1.165) is 61.9 Å². The first kappa shape index (κ1) is 33.7. The number of hydrogen-bond acceptors (Lipinski definition) is 3. The molecule has 2 aliphatic rings. The summed E-state index contributed by atoms with van der Waals surface area (Å²) in [5, 5.41) is 0. The molecule has 2 aromatic carbocycles. The number of unbranched alkanes of at least 4 members (excludes halogenated alkanes) is 12. The highest BCUT2D eigenvalue weighted by molar-refractivity contribution is 5.58. The average molecular weight is 591 g/mol. The number of fused-ring (bicyclic) bond motifs is 2. The smallest absolute Gasteiger partial charge is 0.134 e. The monoisotopic (exact) mass is 590 g/mol. The van der Waals surface area contributed by atoms with Crippen LogP contribution in [-0.4, -0.2) is 13.2 Å². The molecule has 2 heterocycles. The van der Waals surface area contributed by atoms with Crippen LogP contribution in [0.5, 0.6) is 23.0 Å². The average Bonchev–Trinajstić information content (AvgIpc) is 3.72. The van der Waals surface area contributed by atoms with E-state index in [1.165, 1.54) is 125 Å². The van der Waals surface area contributed by atoms with Crippen LogP contribution in [0.15, 0.2) is 24.3 Å². The highest BCUT2D eigenvalue weighted by atomic mass is 16.5. The van der Waals surface area contributed by atoms with Gasteiger partial charge in [0, 0.05) is 24.0 Å². The van der Waals surface area contributed by atoms with Crippen molar-refractivity contribution in [3.63, 3.8) is 0 Å². The van der Waals surface area contributed by atoms with E-state index < -0.39 is 0 Å². The molecule has 43 heavy (non-hydrogen) atoms. The van der Waals surface area contributed by atoms with E-state index >= 15 is 0 Å². The molecule has 0 aliphatic carbocycles. The minimum absolute atomic E-state index is 0.566. The molecule has 2 unspecified atom stereocenters. The van der Waals surface area contributed by atoms with Gasteiger partial charge in [-0.1, -0.05) is 130 Å². The maximum atomic E-state index is 6.73. The lowest BCUT2D eigenvalue weighted by atomic mass is 9.88. The Balaban J connectivity index is 1.40. The second kappa shape index (κ2) is 18.6. The van der Waals surface area contributed by atoms with Gasteiger partial charge in [-0.05, 0) is 60.8 Å². The highest BCUT2D eigenvalue weighted by Gasteiger charge is 2.28. The minimum atomic E-state index is 0.566. The highest BCUT2D eigenvalue weighted by Crippen LogP contribution is 2.47. The standard InChI is InChI=1S/C40H62O3/c1-5-9-11-13-15-17-19-21-31(7-3)33-23-25-37(35-27-29-41-39(33)35)43-38-26-24-34(40-36(38)28-30-42-40)32(8-4)22-20-18-16-14-12-10-6-2/h23-26,31-32H,5-22,27-30H2,1-4H3. The van der Waals surface area contributed by atoms with Crippen molar-refractivity contribution in [2.75, 3.05) is 13.2 Å². The quantitative estimate of drug-likeness (QED) is 0.128. The summed E-state index contributed by atoms with van der Waals surface area (Å²) >= 11 is 0. The van der Waals surface area contributed by atoms with Gasteiger partial charge in [0.1, 0.15) is 23.0 Å². The summed E-state index contributed by atoms with van der Waals surface area (Å²) in [4.78, 5) is 0. The van der Waals surface area contributed by atoms with Gasteiger partial charge in [0.05, 0.1) is 13.2 Å². The Hall–Kier alpha value is -2.16. The van der Waals surface area contributed by atoms with E-state index in [-0.39, 0.29) is 0 Å². The molecule has 0 spiro atoms. The molecule has 2 aromatic rings. The lowest BCUT2D eigenvalue weighted by Gasteiger charge is -2.21. The zero-order valence-electron chi connectivity index (χ0n) is 28.2. The van der Waals surface area contributed by atoms with Crippen LogP contribution < -0.4 is 14.2 Å². The van der Waals surface area contributed by atoms with E-state index in [1.54, 1.807) is 0 Å². The van der Waals surface area contributed by atoms with Crippen molar-refractivity contribution in [2.45, 2.75) is 168 Å². The zero-order chi connectivity index (χ0) is 30.3. The molecule has 3 nitrogen and oxygen atoms in total. The van der Waals surface area contributed by atoms with E-state index in [4.69, 9.17) is 14.2 Å². The fraction of sp³-hybridized carbons (Fsp3) is 0.700. The summed E-state index contributed by atoms with van der Waals surface area (Å²) in [6, 6.07) is 9.05. The molecule has 0 saturated carbocycles. The second-order valence-electron chi connectivity index (χ2n) is 13.3. The van der Waals surface area contributed by atoms with Crippen LogP contribution in [0.4, 0.5) is 0 Å². The van der Waals surface area contributed by atoms with Crippen LogP contribution in [0, 0.1) is 0 Å². The molecular formula is C40H62O3. The first-order chi connectivity index (χ1) is 21.2. The second-order valence-corrected chi connectivity index (χ2v) is 13.3. The van der Waals surface area contributed by atoms with Crippen molar-refractivity contribution in [3.05, 3.63) is 46.5 Å². The maximum Gasteiger partial charge on any atom is 0.134 e. The van der Waals surface area contributed by atoms with Gasteiger partial charge in [-0.25, -0.2) is 0 Å². The van der Waals surface area contributed by atoms with E-state index in [0.29, 0.717) is 11.8 Å². The Kier molecular flexibility index (Phi) is 14.6. The van der Waals surface area contributed by atoms with Crippen LogP contribution in [0.25, 0.3) is 0 Å². The van der Waals surface area contributed by atoms with E-state index in [1.807, 2.05) is 0 Å². The number of hydrogen-bond donors (Lipinski definition) is 0. The Morgan fingerprint density at radius 2 is 0.930 bits per heavy atom. The van der Waals surface area contributed by atoms with Crippen molar-refractivity contribution in [2.24, 2.45) is 0 Å². The van der Waals surface area contributed by atoms with Crippen molar-refractivity contribution in [3.8, 4) is 23.0 Å². The first-order valence-electron chi connectivity index (χ1n) is 18.5. The molecule has 3 heteroatoms. The lowest BCUT2D eigenvalue weighted by Crippen LogP contribution is -2.03. The predicted molar refractivity (Wildman–Crippen MR) is 183 cm³/mol. The van der Waals surface area contributed by atoms with Crippen LogP contribution in [0.1, 0.15) is 177 Å². The number of benzene rings is 2. The van der Waals surface area contributed by atoms with Crippen LogP contribution in [-0.2, 0) is 12.8 Å². The molecule has 240 valence electrons. The van der Waals surface area contributed by atoms with Crippen molar-refractivity contribution < 1.29 is 14.2 Å². The first-order valence-corrected chi connectivity index (χ1v) is 18.5. The Morgan fingerprint density at radius 1 is 0.535 bits per heavy atom. The Bertz CT molecular complexity index is 1000. The Labute approximate surface area is 264 Å². The molecule has 0 N–H and O–H groups in total. The van der Waals surface area contributed by atoms with Gasteiger partial charge in [0.2, 0.25) is 0 Å². The topological polar surface area (TPSA) is 27.7 Å². The SMILES string of the molecule is CCCCCCCCCC(CC)c1ccc(Oc2ccc(C(CC)CCCCCCCCC)c3c2CCO3)c2c1OCC2. The van der Waals surface area contributed by atoms with Gasteiger partial charge in [-0.3, -0.25) is 0 Å².